The van der Waals surface area contributed by atoms with Gasteiger partial charge in [-0.3, -0.25) is 9.59 Å². The molecule has 0 saturated carbocycles. The van der Waals surface area contributed by atoms with Crippen LogP contribution in [-0.2, 0) is 9.59 Å². The molecule has 0 aromatic heterocycles. The lowest BCUT2D eigenvalue weighted by Gasteiger charge is -2.20. The molecule has 0 unspecified atom stereocenters. The molecule has 0 fully saturated rings. The molecule has 4 nitrogen and oxygen atoms in total. The van der Waals surface area contributed by atoms with Gasteiger partial charge in [0.15, 0.2) is 0 Å². The average Bonchev–Trinajstić information content (AvgIpc) is 2.27. The van der Waals surface area contributed by atoms with E-state index in [1.54, 1.807) is 30.5 Å². The second kappa shape index (κ2) is 6.51. The molecule has 1 amide bonds. The van der Waals surface area contributed by atoms with Crippen molar-refractivity contribution in [3.8, 4) is 0 Å². The molecule has 1 N–H and O–H groups in total. The summed E-state index contributed by atoms with van der Waals surface area (Å²) in [4.78, 5) is 23.7. The molecule has 0 spiro atoms. The molecule has 0 radical (unpaired) electrons. The second-order valence-electron chi connectivity index (χ2n) is 3.28. The number of anilines is 1. The third-order valence-electron chi connectivity index (χ3n) is 2.00. The summed E-state index contributed by atoms with van der Waals surface area (Å²) in [5.41, 5.74) is 0.538. The number of rotatable bonds is 5. The van der Waals surface area contributed by atoms with Crippen molar-refractivity contribution in [2.45, 2.75) is 0 Å². The van der Waals surface area contributed by atoms with Gasteiger partial charge >= 0.3 is 5.97 Å². The molecule has 1 rings (SSSR count). The van der Waals surface area contributed by atoms with Crippen molar-refractivity contribution in [2.24, 2.45) is 0 Å². The summed E-state index contributed by atoms with van der Waals surface area (Å²) in [5.74, 6) is -1.03. The van der Waals surface area contributed by atoms with E-state index >= 15 is 0 Å². The van der Waals surface area contributed by atoms with Gasteiger partial charge in [-0.1, -0.05) is 11.6 Å². The zero-order chi connectivity index (χ0) is 12.8. The van der Waals surface area contributed by atoms with Gasteiger partial charge < -0.3 is 10.0 Å². The topological polar surface area (TPSA) is 57.6 Å². The summed E-state index contributed by atoms with van der Waals surface area (Å²) >= 11 is 7.09. The highest BCUT2D eigenvalue weighted by atomic mass is 35.5. The summed E-state index contributed by atoms with van der Waals surface area (Å²) in [6.07, 6.45) is 1.79. The van der Waals surface area contributed by atoms with E-state index in [1.165, 1.54) is 16.7 Å². The monoisotopic (exact) mass is 273 g/mol. The Balaban J connectivity index is 2.92. The highest BCUT2D eigenvalue weighted by molar-refractivity contribution is 7.99. The van der Waals surface area contributed by atoms with Crippen LogP contribution in [0.25, 0.3) is 0 Å². The molecule has 1 aromatic rings. The van der Waals surface area contributed by atoms with Crippen LogP contribution in [0, 0.1) is 0 Å². The van der Waals surface area contributed by atoms with Crippen LogP contribution >= 0.6 is 23.4 Å². The van der Waals surface area contributed by atoms with Crippen LogP contribution in [0.2, 0.25) is 5.02 Å². The fraction of sp³-hybridized carbons (Fsp3) is 0.273. The van der Waals surface area contributed by atoms with Crippen LogP contribution in [0.4, 0.5) is 5.69 Å². The lowest BCUT2D eigenvalue weighted by Crippen LogP contribution is -2.36. The van der Waals surface area contributed by atoms with Crippen LogP contribution in [-0.4, -0.2) is 35.5 Å². The maximum Gasteiger partial charge on any atom is 0.323 e. The second-order valence-corrected chi connectivity index (χ2v) is 4.59. The molecule has 0 aliphatic carbocycles. The molecule has 6 heteroatoms. The number of amides is 1. The number of carbonyl (C=O) groups excluding carboxylic acids is 1. The van der Waals surface area contributed by atoms with E-state index in [2.05, 4.69) is 0 Å². The number of benzene rings is 1. The normalized spacial score (nSPS) is 10.0. The van der Waals surface area contributed by atoms with Gasteiger partial charge in [-0.2, -0.15) is 11.8 Å². The Morgan fingerprint density at radius 2 is 1.94 bits per heavy atom. The van der Waals surface area contributed by atoms with Crippen LogP contribution in [0.5, 0.6) is 0 Å². The number of nitrogens with zero attached hydrogens (tertiary/aromatic N) is 1. The molecule has 17 heavy (non-hydrogen) atoms. The molecule has 0 atom stereocenters. The number of carbonyl (C=O) groups is 2. The molecule has 0 heterocycles. The number of thioether (sulfide) groups is 1. The number of hydrogen-bond donors (Lipinski definition) is 1. The first-order valence-corrected chi connectivity index (χ1v) is 6.58. The Hall–Kier alpha value is -1.20. The van der Waals surface area contributed by atoms with Gasteiger partial charge in [-0.15, -0.1) is 0 Å². The highest BCUT2D eigenvalue weighted by Crippen LogP contribution is 2.18. The van der Waals surface area contributed by atoms with E-state index in [4.69, 9.17) is 16.7 Å². The van der Waals surface area contributed by atoms with Crippen molar-refractivity contribution in [2.75, 3.05) is 23.5 Å². The van der Waals surface area contributed by atoms with Crippen LogP contribution in [0.3, 0.4) is 0 Å². The summed E-state index contributed by atoms with van der Waals surface area (Å²) in [7, 11) is 0. The lowest BCUT2D eigenvalue weighted by atomic mass is 10.3. The van der Waals surface area contributed by atoms with Crippen molar-refractivity contribution in [1.82, 2.24) is 0 Å². The zero-order valence-electron chi connectivity index (χ0n) is 9.22. The fourth-order valence-electron chi connectivity index (χ4n) is 1.28. The highest BCUT2D eigenvalue weighted by Gasteiger charge is 2.17. The number of hydrogen-bond acceptors (Lipinski definition) is 3. The first-order valence-electron chi connectivity index (χ1n) is 4.81. The average molecular weight is 274 g/mol. The van der Waals surface area contributed by atoms with Gasteiger partial charge in [0.25, 0.3) is 0 Å². The Morgan fingerprint density at radius 1 is 1.35 bits per heavy atom. The van der Waals surface area contributed by atoms with Crippen molar-refractivity contribution < 1.29 is 14.7 Å². The predicted molar refractivity (Wildman–Crippen MR) is 69.8 cm³/mol. The minimum absolute atomic E-state index is 0.234. The van der Waals surface area contributed by atoms with Crippen molar-refractivity contribution >= 4 is 40.9 Å². The largest absolute Gasteiger partial charge is 0.480 e. The molecular formula is C11H12ClNO3S. The van der Waals surface area contributed by atoms with Gasteiger partial charge in [-0.05, 0) is 30.5 Å². The third kappa shape index (κ3) is 4.28. The number of halogens is 1. The summed E-state index contributed by atoms with van der Waals surface area (Å²) in [5, 5.41) is 9.33. The van der Waals surface area contributed by atoms with Crippen LogP contribution in [0.1, 0.15) is 0 Å². The van der Waals surface area contributed by atoms with Gasteiger partial charge in [-0.25, -0.2) is 0 Å². The fourth-order valence-corrected chi connectivity index (χ4v) is 1.81. The first-order chi connectivity index (χ1) is 8.04. The Bertz CT molecular complexity index is 408. The SMILES string of the molecule is CSCC(=O)N(CC(=O)O)c1ccc(Cl)cc1. The Kier molecular flexibility index (Phi) is 5.31. The van der Waals surface area contributed by atoms with Crippen molar-refractivity contribution in [3.63, 3.8) is 0 Å². The van der Waals surface area contributed by atoms with Crippen molar-refractivity contribution in [1.29, 1.82) is 0 Å². The number of aliphatic carboxylic acids is 1. The Morgan fingerprint density at radius 3 is 2.41 bits per heavy atom. The quantitative estimate of drug-likeness (QED) is 0.893. The summed E-state index contributed by atoms with van der Waals surface area (Å²) in [6, 6.07) is 6.50. The Labute approximate surface area is 109 Å². The molecule has 0 aliphatic heterocycles. The molecule has 0 bridgehead atoms. The van der Waals surface area contributed by atoms with E-state index in [-0.39, 0.29) is 18.2 Å². The predicted octanol–water partition coefficient (Wildman–Crippen LogP) is 2.12. The zero-order valence-corrected chi connectivity index (χ0v) is 10.8. The van der Waals surface area contributed by atoms with Crippen LogP contribution in [0.15, 0.2) is 24.3 Å². The van der Waals surface area contributed by atoms with Gasteiger partial charge in [0.1, 0.15) is 6.54 Å². The molecular weight excluding hydrogens is 262 g/mol. The van der Waals surface area contributed by atoms with E-state index in [9.17, 15) is 9.59 Å². The number of carboxylic acids is 1. The lowest BCUT2D eigenvalue weighted by molar-refractivity contribution is -0.136. The molecule has 92 valence electrons. The maximum absolute atomic E-state index is 11.8. The first kappa shape index (κ1) is 13.9. The van der Waals surface area contributed by atoms with Gasteiger partial charge in [0.2, 0.25) is 5.91 Å². The molecule has 0 aliphatic rings. The maximum atomic E-state index is 11.8. The minimum atomic E-state index is -1.05. The number of carboxylic acid groups (broad SMARTS) is 1. The van der Waals surface area contributed by atoms with E-state index in [0.29, 0.717) is 10.7 Å². The van der Waals surface area contributed by atoms with Gasteiger partial charge in [0.05, 0.1) is 5.75 Å². The van der Waals surface area contributed by atoms with Gasteiger partial charge in [0, 0.05) is 10.7 Å². The van der Waals surface area contributed by atoms with E-state index < -0.39 is 5.97 Å². The summed E-state index contributed by atoms with van der Waals surface area (Å²) in [6.45, 7) is -0.346. The van der Waals surface area contributed by atoms with E-state index in [0.717, 1.165) is 0 Å². The molecule has 1 aromatic carbocycles. The third-order valence-corrected chi connectivity index (χ3v) is 2.79. The van der Waals surface area contributed by atoms with E-state index in [1.807, 2.05) is 0 Å². The molecule has 0 saturated heterocycles. The van der Waals surface area contributed by atoms with Crippen LogP contribution < -0.4 is 4.90 Å². The minimum Gasteiger partial charge on any atom is -0.480 e. The smallest absolute Gasteiger partial charge is 0.323 e. The van der Waals surface area contributed by atoms with Crippen molar-refractivity contribution in [3.05, 3.63) is 29.3 Å². The standard InChI is InChI=1S/C11H12ClNO3S/c1-17-7-10(14)13(6-11(15)16)9-4-2-8(12)3-5-9/h2-5H,6-7H2,1H3,(H,15,16). The summed E-state index contributed by atoms with van der Waals surface area (Å²) < 4.78 is 0.